The molecule has 0 unspecified atom stereocenters. The quantitative estimate of drug-likeness (QED) is 0.388. The number of nitrogens with zero attached hydrogens (tertiary/aromatic N) is 1. The van der Waals surface area contributed by atoms with Crippen LogP contribution < -0.4 is 4.98 Å². The summed E-state index contributed by atoms with van der Waals surface area (Å²) in [5.74, 6) is 0. The Morgan fingerprint density at radius 3 is 2.36 bits per heavy atom. The van der Waals surface area contributed by atoms with Crippen LogP contribution in [0.5, 0.6) is 0 Å². The van der Waals surface area contributed by atoms with Gasteiger partial charge in [0.05, 0.1) is 7.11 Å². The average Bonchev–Trinajstić information content (AvgIpc) is 2.50. The minimum absolute atomic E-state index is 0.808. The summed E-state index contributed by atoms with van der Waals surface area (Å²) in [6.07, 6.45) is 0. The molecular formula is C15H16N2O4S. The van der Waals surface area contributed by atoms with Crippen LogP contribution in [-0.2, 0) is 14.6 Å². The summed E-state index contributed by atoms with van der Waals surface area (Å²) in [7, 11) is -3.60. The average molecular weight is 320 g/mol. The molecule has 6 nitrogen and oxygen atoms in total. The second-order valence-electron chi connectivity index (χ2n) is 4.73. The standard InChI is InChI=1S/C14H12N2.CH4O4S/c1-9-7-8-13-14(10(9)2)16-12-6-4-3-5-11(12)15-13;1-5-6(2,3)4/h3-8H,1-2H3;1H3,(H,2,3,4). The maximum Gasteiger partial charge on any atom is 0.233 e. The summed E-state index contributed by atoms with van der Waals surface area (Å²) in [6, 6.07) is 12.3. The third-order valence-electron chi connectivity index (χ3n) is 3.32. The predicted molar refractivity (Wildman–Crippen MR) is 82.0 cm³/mol. The highest BCUT2D eigenvalue weighted by atomic mass is 32.3. The molecule has 2 aromatic carbocycles. The molecule has 0 fully saturated rings. The minimum atomic E-state index is -4.41. The molecule has 0 amide bonds. The number of hydrogen-bond acceptors (Lipinski definition) is 5. The van der Waals surface area contributed by atoms with E-state index in [0.29, 0.717) is 0 Å². The van der Waals surface area contributed by atoms with E-state index in [0.717, 1.165) is 29.2 Å². The smallest absolute Gasteiger partial charge is 0.233 e. The van der Waals surface area contributed by atoms with Gasteiger partial charge in [0.2, 0.25) is 21.4 Å². The first-order valence-electron chi connectivity index (χ1n) is 6.51. The maximum absolute atomic E-state index is 9.22. The predicted octanol–water partition coefficient (Wildman–Crippen LogP) is 1.91. The van der Waals surface area contributed by atoms with Gasteiger partial charge in [-0.15, -0.1) is 0 Å². The summed E-state index contributed by atoms with van der Waals surface area (Å²) in [6.45, 7) is 4.25. The van der Waals surface area contributed by atoms with Crippen molar-refractivity contribution < 1.29 is 22.1 Å². The molecule has 116 valence electrons. The van der Waals surface area contributed by atoms with Gasteiger partial charge in [0.1, 0.15) is 11.0 Å². The lowest BCUT2D eigenvalue weighted by atomic mass is 10.1. The van der Waals surface area contributed by atoms with Gasteiger partial charge in [-0.25, -0.2) is 18.4 Å². The lowest BCUT2D eigenvalue weighted by Crippen LogP contribution is -2.09. The van der Waals surface area contributed by atoms with Crippen molar-refractivity contribution in [3.63, 3.8) is 0 Å². The van der Waals surface area contributed by atoms with Crippen LogP contribution in [0.25, 0.3) is 22.1 Å². The van der Waals surface area contributed by atoms with Crippen LogP contribution in [0, 0.1) is 13.8 Å². The molecule has 22 heavy (non-hydrogen) atoms. The van der Waals surface area contributed by atoms with Crippen LogP contribution >= 0.6 is 0 Å². The SMILES string of the molecule is COS(=O)(=O)[O-].Cc1ccc2nc3ccccc3[nH+]c2c1C. The number of aromatic amines is 1. The monoisotopic (exact) mass is 320 g/mol. The van der Waals surface area contributed by atoms with Crippen LogP contribution in [0.2, 0.25) is 0 Å². The number of aryl methyl sites for hydroxylation is 2. The number of aromatic nitrogens is 2. The number of benzene rings is 2. The number of fused-ring (bicyclic) bond motifs is 2. The molecule has 0 bridgehead atoms. The number of H-pyrrole nitrogens is 1. The molecule has 1 aromatic heterocycles. The molecule has 7 heteroatoms. The largest absolute Gasteiger partial charge is 0.726 e. The molecule has 1 heterocycles. The number of rotatable bonds is 1. The second kappa shape index (κ2) is 6.35. The van der Waals surface area contributed by atoms with E-state index >= 15 is 0 Å². The van der Waals surface area contributed by atoms with Crippen molar-refractivity contribution in [2.45, 2.75) is 13.8 Å². The van der Waals surface area contributed by atoms with E-state index in [1.54, 1.807) is 0 Å². The first-order valence-corrected chi connectivity index (χ1v) is 7.84. The fraction of sp³-hybridized carbons (Fsp3) is 0.200. The number of para-hydroxylation sites is 2. The first-order chi connectivity index (χ1) is 10.3. The Balaban J connectivity index is 0.000000254. The van der Waals surface area contributed by atoms with Gasteiger partial charge >= 0.3 is 0 Å². The van der Waals surface area contributed by atoms with E-state index in [4.69, 9.17) is 0 Å². The van der Waals surface area contributed by atoms with E-state index in [-0.39, 0.29) is 0 Å². The Bertz CT molecular complexity index is 923. The topological polar surface area (TPSA) is 93.5 Å². The highest BCUT2D eigenvalue weighted by molar-refractivity contribution is 7.80. The molecule has 0 radical (unpaired) electrons. The van der Waals surface area contributed by atoms with E-state index in [1.807, 2.05) is 18.2 Å². The van der Waals surface area contributed by atoms with Gasteiger partial charge in [-0.3, -0.25) is 4.18 Å². The Morgan fingerprint density at radius 2 is 1.73 bits per heavy atom. The third-order valence-corrected chi connectivity index (χ3v) is 3.73. The zero-order valence-corrected chi connectivity index (χ0v) is 13.3. The van der Waals surface area contributed by atoms with Gasteiger partial charge in [0.25, 0.3) is 0 Å². The van der Waals surface area contributed by atoms with Crippen molar-refractivity contribution in [1.29, 1.82) is 0 Å². The van der Waals surface area contributed by atoms with E-state index in [1.165, 1.54) is 11.1 Å². The van der Waals surface area contributed by atoms with Crippen molar-refractivity contribution >= 4 is 32.5 Å². The Morgan fingerprint density at radius 1 is 1.09 bits per heavy atom. The van der Waals surface area contributed by atoms with Gasteiger partial charge in [0, 0.05) is 11.6 Å². The zero-order chi connectivity index (χ0) is 16.3. The Kier molecular flexibility index (Phi) is 4.70. The molecule has 0 atom stereocenters. The molecule has 1 N–H and O–H groups in total. The van der Waals surface area contributed by atoms with Crippen molar-refractivity contribution in [2.24, 2.45) is 0 Å². The van der Waals surface area contributed by atoms with E-state index in [9.17, 15) is 13.0 Å². The molecule has 3 aromatic rings. The van der Waals surface area contributed by atoms with Gasteiger partial charge in [-0.05, 0) is 31.5 Å². The fourth-order valence-corrected chi connectivity index (χ4v) is 1.99. The Hall–Kier alpha value is -2.09. The van der Waals surface area contributed by atoms with Crippen LogP contribution in [0.4, 0.5) is 0 Å². The molecule has 0 aliphatic rings. The summed E-state index contributed by atoms with van der Waals surface area (Å²) in [5.41, 5.74) is 6.83. The third kappa shape index (κ3) is 3.76. The first kappa shape index (κ1) is 16.3. The van der Waals surface area contributed by atoms with Crippen LogP contribution in [0.15, 0.2) is 36.4 Å². The van der Waals surface area contributed by atoms with Gasteiger partial charge in [-0.1, -0.05) is 18.2 Å². The van der Waals surface area contributed by atoms with Gasteiger partial charge in [-0.2, -0.15) is 0 Å². The zero-order valence-electron chi connectivity index (χ0n) is 12.5. The molecule has 3 rings (SSSR count). The molecule has 0 saturated carbocycles. The van der Waals surface area contributed by atoms with Crippen LogP contribution in [-0.4, -0.2) is 25.1 Å². The van der Waals surface area contributed by atoms with Gasteiger partial charge < -0.3 is 4.55 Å². The highest BCUT2D eigenvalue weighted by Crippen LogP contribution is 2.18. The fourth-order valence-electron chi connectivity index (χ4n) is 1.99. The van der Waals surface area contributed by atoms with E-state index < -0.39 is 10.4 Å². The van der Waals surface area contributed by atoms with Crippen molar-refractivity contribution in [2.75, 3.05) is 7.11 Å². The van der Waals surface area contributed by atoms with E-state index in [2.05, 4.69) is 46.2 Å². The summed E-state index contributed by atoms with van der Waals surface area (Å²) < 4.78 is 31.0. The summed E-state index contributed by atoms with van der Waals surface area (Å²) >= 11 is 0. The van der Waals surface area contributed by atoms with Crippen LogP contribution in [0.3, 0.4) is 0 Å². The number of hydrogen-bond donors (Lipinski definition) is 0. The molecule has 0 aliphatic carbocycles. The Labute approximate surface area is 128 Å². The normalized spacial score (nSPS) is 11.3. The van der Waals surface area contributed by atoms with Crippen molar-refractivity contribution in [1.82, 2.24) is 4.98 Å². The molecule has 0 saturated heterocycles. The number of nitrogens with one attached hydrogen (secondary N) is 1. The lowest BCUT2D eigenvalue weighted by molar-refractivity contribution is -0.311. The van der Waals surface area contributed by atoms with Gasteiger partial charge in [0.15, 0.2) is 0 Å². The summed E-state index contributed by atoms with van der Waals surface area (Å²) in [4.78, 5) is 8.10. The molecule has 0 spiro atoms. The van der Waals surface area contributed by atoms with Crippen LogP contribution in [0.1, 0.15) is 11.1 Å². The lowest BCUT2D eigenvalue weighted by Gasteiger charge is -2.00. The molecule has 0 aliphatic heterocycles. The minimum Gasteiger partial charge on any atom is -0.726 e. The molecular weight excluding hydrogens is 304 g/mol. The summed E-state index contributed by atoms with van der Waals surface area (Å²) in [5, 5.41) is 0. The second-order valence-corrected chi connectivity index (χ2v) is 5.88. The van der Waals surface area contributed by atoms with Crippen molar-refractivity contribution in [3.8, 4) is 0 Å². The maximum atomic E-state index is 9.22. The highest BCUT2D eigenvalue weighted by Gasteiger charge is 2.10. The van der Waals surface area contributed by atoms with Crippen molar-refractivity contribution in [3.05, 3.63) is 47.5 Å².